The van der Waals surface area contributed by atoms with Gasteiger partial charge in [0.25, 0.3) is 0 Å². The lowest BCUT2D eigenvalue weighted by atomic mass is 9.99. The van der Waals surface area contributed by atoms with E-state index in [-0.39, 0.29) is 0 Å². The van der Waals surface area contributed by atoms with Gasteiger partial charge in [-0.25, -0.2) is 0 Å². The molecule has 0 saturated heterocycles. The van der Waals surface area contributed by atoms with E-state index < -0.39 is 0 Å². The highest BCUT2D eigenvalue weighted by atomic mass is 14.9. The van der Waals surface area contributed by atoms with Gasteiger partial charge in [-0.05, 0) is 30.9 Å². The van der Waals surface area contributed by atoms with Crippen LogP contribution in [0.4, 0.5) is 0 Å². The van der Waals surface area contributed by atoms with Crippen molar-refractivity contribution in [3.8, 4) is 0 Å². The summed E-state index contributed by atoms with van der Waals surface area (Å²) < 4.78 is 0. The molecule has 0 aromatic heterocycles. The SMILES string of the molecule is C[C@@H](CC1CCCC1)NCc1cc[c]cc1. The lowest BCUT2D eigenvalue weighted by Crippen LogP contribution is -2.27. The van der Waals surface area contributed by atoms with Crippen LogP contribution < -0.4 is 5.32 Å². The number of benzene rings is 1. The van der Waals surface area contributed by atoms with E-state index in [1.807, 2.05) is 12.1 Å². The molecule has 1 nitrogen and oxygen atoms in total. The number of hydrogen-bond donors (Lipinski definition) is 1. The molecule has 1 aromatic carbocycles. The highest BCUT2D eigenvalue weighted by molar-refractivity contribution is 5.13. The first-order valence-electron chi connectivity index (χ1n) is 6.53. The predicted molar refractivity (Wildman–Crippen MR) is 68.2 cm³/mol. The number of hydrogen-bond acceptors (Lipinski definition) is 1. The van der Waals surface area contributed by atoms with Gasteiger partial charge in [0.15, 0.2) is 0 Å². The molecular formula is C15H22N. The second-order valence-corrected chi connectivity index (χ2v) is 5.08. The Morgan fingerprint density at radius 3 is 2.69 bits per heavy atom. The van der Waals surface area contributed by atoms with Gasteiger partial charge >= 0.3 is 0 Å². The van der Waals surface area contributed by atoms with Crippen LogP contribution in [0.15, 0.2) is 24.3 Å². The summed E-state index contributed by atoms with van der Waals surface area (Å²) in [5.41, 5.74) is 1.36. The molecule has 1 aromatic rings. The summed E-state index contributed by atoms with van der Waals surface area (Å²) >= 11 is 0. The minimum atomic E-state index is 0.646. The van der Waals surface area contributed by atoms with Gasteiger partial charge in [-0.1, -0.05) is 49.9 Å². The molecular weight excluding hydrogens is 194 g/mol. The summed E-state index contributed by atoms with van der Waals surface area (Å²) in [6.07, 6.45) is 7.15. The largest absolute Gasteiger partial charge is 0.310 e. The third-order valence-corrected chi connectivity index (χ3v) is 3.60. The third-order valence-electron chi connectivity index (χ3n) is 3.60. The maximum Gasteiger partial charge on any atom is 0.0207 e. The van der Waals surface area contributed by atoms with Gasteiger partial charge in [0.2, 0.25) is 0 Å². The summed E-state index contributed by atoms with van der Waals surface area (Å²) in [4.78, 5) is 0. The first kappa shape index (κ1) is 11.7. The van der Waals surface area contributed by atoms with Crippen molar-refractivity contribution < 1.29 is 0 Å². The van der Waals surface area contributed by atoms with Crippen molar-refractivity contribution in [2.75, 3.05) is 0 Å². The van der Waals surface area contributed by atoms with Gasteiger partial charge in [-0.15, -0.1) is 0 Å². The van der Waals surface area contributed by atoms with Crippen LogP contribution in [-0.2, 0) is 6.54 Å². The summed E-state index contributed by atoms with van der Waals surface area (Å²) in [6.45, 7) is 3.30. The fraction of sp³-hybridized carbons (Fsp3) is 0.600. The highest BCUT2D eigenvalue weighted by Gasteiger charge is 2.17. The average Bonchev–Trinajstić information content (AvgIpc) is 2.81. The van der Waals surface area contributed by atoms with Gasteiger partial charge in [0.05, 0.1) is 0 Å². The Kier molecular flexibility index (Phi) is 4.41. The monoisotopic (exact) mass is 216 g/mol. The third kappa shape index (κ3) is 3.64. The van der Waals surface area contributed by atoms with Crippen molar-refractivity contribution in [1.82, 2.24) is 5.32 Å². The van der Waals surface area contributed by atoms with Crippen LogP contribution in [0.1, 0.15) is 44.6 Å². The van der Waals surface area contributed by atoms with Crippen molar-refractivity contribution in [2.45, 2.75) is 51.6 Å². The Morgan fingerprint density at radius 2 is 2.00 bits per heavy atom. The zero-order valence-electron chi connectivity index (χ0n) is 10.2. The zero-order chi connectivity index (χ0) is 11.2. The molecule has 1 heteroatoms. The van der Waals surface area contributed by atoms with Crippen molar-refractivity contribution in [3.63, 3.8) is 0 Å². The van der Waals surface area contributed by atoms with Crippen LogP contribution in [0.2, 0.25) is 0 Å². The molecule has 87 valence electrons. The number of rotatable bonds is 5. The molecule has 0 bridgehead atoms. The highest BCUT2D eigenvalue weighted by Crippen LogP contribution is 2.28. The first-order valence-corrected chi connectivity index (χ1v) is 6.53. The Morgan fingerprint density at radius 1 is 1.31 bits per heavy atom. The van der Waals surface area contributed by atoms with Gasteiger partial charge in [0.1, 0.15) is 0 Å². The lowest BCUT2D eigenvalue weighted by molar-refractivity contribution is 0.404. The fourth-order valence-corrected chi connectivity index (χ4v) is 2.66. The number of nitrogens with one attached hydrogen (secondary N) is 1. The molecule has 0 amide bonds. The Bertz CT molecular complexity index is 288. The molecule has 0 unspecified atom stereocenters. The van der Waals surface area contributed by atoms with Crippen LogP contribution in [0, 0.1) is 12.0 Å². The maximum atomic E-state index is 3.61. The molecule has 1 radical (unpaired) electrons. The van der Waals surface area contributed by atoms with E-state index >= 15 is 0 Å². The zero-order valence-corrected chi connectivity index (χ0v) is 10.2. The first-order chi connectivity index (χ1) is 7.84. The second-order valence-electron chi connectivity index (χ2n) is 5.08. The van der Waals surface area contributed by atoms with Gasteiger partial charge in [-0.3, -0.25) is 0 Å². The van der Waals surface area contributed by atoms with Crippen LogP contribution in [0.3, 0.4) is 0 Å². The Hall–Kier alpha value is -0.820. The van der Waals surface area contributed by atoms with E-state index in [2.05, 4.69) is 30.4 Å². The van der Waals surface area contributed by atoms with E-state index in [0.29, 0.717) is 6.04 Å². The molecule has 0 heterocycles. The standard InChI is InChI=1S/C15H22N/c1-13(11-14-7-5-6-8-14)16-12-15-9-3-2-4-10-15/h3-4,9-10,13-14,16H,5-8,11-12H2,1H3/t13-/m0/s1. The van der Waals surface area contributed by atoms with Gasteiger partial charge in [-0.2, -0.15) is 0 Å². The van der Waals surface area contributed by atoms with Crippen LogP contribution >= 0.6 is 0 Å². The minimum Gasteiger partial charge on any atom is -0.310 e. The Balaban J connectivity index is 1.69. The molecule has 16 heavy (non-hydrogen) atoms. The topological polar surface area (TPSA) is 12.0 Å². The van der Waals surface area contributed by atoms with E-state index in [1.54, 1.807) is 0 Å². The molecule has 1 aliphatic rings. The van der Waals surface area contributed by atoms with Crippen molar-refractivity contribution >= 4 is 0 Å². The van der Waals surface area contributed by atoms with Crippen molar-refractivity contribution in [3.05, 3.63) is 35.9 Å². The molecule has 1 fully saturated rings. The van der Waals surface area contributed by atoms with E-state index in [9.17, 15) is 0 Å². The average molecular weight is 216 g/mol. The quantitative estimate of drug-likeness (QED) is 0.793. The fourth-order valence-electron chi connectivity index (χ4n) is 2.66. The molecule has 0 spiro atoms. The van der Waals surface area contributed by atoms with E-state index in [1.165, 1.54) is 37.7 Å². The van der Waals surface area contributed by atoms with Crippen molar-refractivity contribution in [2.24, 2.45) is 5.92 Å². The molecule has 0 aliphatic heterocycles. The summed E-state index contributed by atoms with van der Waals surface area (Å²) in [7, 11) is 0. The summed E-state index contributed by atoms with van der Waals surface area (Å²) in [5, 5.41) is 3.61. The lowest BCUT2D eigenvalue weighted by Gasteiger charge is -2.17. The second kappa shape index (κ2) is 6.05. The molecule has 1 saturated carbocycles. The summed E-state index contributed by atoms with van der Waals surface area (Å²) in [5.74, 6) is 0.978. The molecule has 2 rings (SSSR count). The molecule has 1 aliphatic carbocycles. The predicted octanol–water partition coefficient (Wildman–Crippen LogP) is 3.55. The van der Waals surface area contributed by atoms with Crippen molar-refractivity contribution in [1.29, 1.82) is 0 Å². The van der Waals surface area contributed by atoms with Crippen LogP contribution in [0.5, 0.6) is 0 Å². The Labute approximate surface area is 99.3 Å². The van der Waals surface area contributed by atoms with Gasteiger partial charge in [0, 0.05) is 12.6 Å². The smallest absolute Gasteiger partial charge is 0.0207 e. The molecule has 1 atom stereocenters. The summed E-state index contributed by atoms with van der Waals surface area (Å²) in [6, 6.07) is 11.9. The maximum absolute atomic E-state index is 3.61. The van der Waals surface area contributed by atoms with Crippen LogP contribution in [0.25, 0.3) is 0 Å². The van der Waals surface area contributed by atoms with E-state index in [0.717, 1.165) is 12.5 Å². The normalized spacial score (nSPS) is 18.8. The minimum absolute atomic E-state index is 0.646. The molecule has 1 N–H and O–H groups in total. The van der Waals surface area contributed by atoms with Gasteiger partial charge < -0.3 is 5.32 Å². The van der Waals surface area contributed by atoms with Crippen LogP contribution in [-0.4, -0.2) is 6.04 Å². The van der Waals surface area contributed by atoms with E-state index in [4.69, 9.17) is 0 Å².